The number of carbonyl (C=O) groups excluding carboxylic acids is 1. The predicted octanol–water partition coefficient (Wildman–Crippen LogP) is 5.91. The fourth-order valence-corrected chi connectivity index (χ4v) is 3.91. The van der Waals surface area contributed by atoms with Crippen LogP contribution in [0.4, 0.5) is 0 Å². The molecule has 0 radical (unpaired) electrons. The van der Waals surface area contributed by atoms with E-state index in [2.05, 4.69) is 13.8 Å². The van der Waals surface area contributed by atoms with E-state index < -0.39 is 5.97 Å². The van der Waals surface area contributed by atoms with E-state index in [1.54, 1.807) is 13.2 Å². The molecular weight excluding hydrogens is 344 g/mol. The number of thiophene rings is 1. The van der Waals surface area contributed by atoms with Gasteiger partial charge in [-0.05, 0) is 35.7 Å². The highest BCUT2D eigenvalue weighted by Gasteiger charge is 2.21. The van der Waals surface area contributed by atoms with Crippen molar-refractivity contribution in [2.24, 2.45) is 0 Å². The zero-order valence-corrected chi connectivity index (χ0v) is 15.2. The molecule has 5 heteroatoms. The number of hydrogen-bond acceptors (Lipinski definition) is 4. The van der Waals surface area contributed by atoms with Crippen LogP contribution in [-0.2, 0) is 0 Å². The predicted molar refractivity (Wildman–Crippen MR) is 98.9 cm³/mol. The van der Waals surface area contributed by atoms with Crippen molar-refractivity contribution >= 4 is 39.0 Å². The van der Waals surface area contributed by atoms with Crippen molar-refractivity contribution in [2.45, 2.75) is 19.8 Å². The molecule has 1 heterocycles. The average molecular weight is 361 g/mol. The Morgan fingerprint density at radius 1 is 1.17 bits per heavy atom. The van der Waals surface area contributed by atoms with Gasteiger partial charge in [0.05, 0.1) is 12.1 Å². The molecule has 0 unspecified atom stereocenters. The first-order valence-electron chi connectivity index (χ1n) is 7.58. The molecule has 0 aliphatic rings. The Kier molecular flexibility index (Phi) is 4.78. The maximum atomic E-state index is 12.6. The van der Waals surface area contributed by atoms with Gasteiger partial charge in [-0.25, -0.2) is 4.79 Å². The molecule has 3 nitrogen and oxygen atoms in total. The van der Waals surface area contributed by atoms with Gasteiger partial charge in [-0.15, -0.1) is 11.3 Å². The summed E-state index contributed by atoms with van der Waals surface area (Å²) in [5, 5.41) is 1.25. The van der Waals surface area contributed by atoms with Crippen LogP contribution >= 0.6 is 22.9 Å². The normalized spacial score (nSPS) is 11.0. The number of halogens is 1. The highest BCUT2D eigenvalue weighted by Crippen LogP contribution is 2.38. The van der Waals surface area contributed by atoms with E-state index in [1.807, 2.05) is 36.4 Å². The first-order valence-corrected chi connectivity index (χ1v) is 8.78. The lowest BCUT2D eigenvalue weighted by atomic mass is 10.0. The average Bonchev–Trinajstić information content (AvgIpc) is 2.91. The Labute approximate surface area is 149 Å². The number of ether oxygens (including phenoxy) is 2. The quantitative estimate of drug-likeness (QED) is 0.429. The minimum absolute atomic E-state index is 0.260. The van der Waals surface area contributed by atoms with Gasteiger partial charge in [0.2, 0.25) is 0 Å². The van der Waals surface area contributed by atoms with E-state index in [9.17, 15) is 4.79 Å². The summed E-state index contributed by atoms with van der Waals surface area (Å²) in [6.45, 7) is 4.12. The zero-order valence-electron chi connectivity index (χ0n) is 13.6. The van der Waals surface area contributed by atoms with Crippen molar-refractivity contribution in [3.63, 3.8) is 0 Å². The summed E-state index contributed by atoms with van der Waals surface area (Å²) in [6.07, 6.45) is 0. The molecule has 124 valence electrons. The number of fused-ring (bicyclic) bond motifs is 1. The number of esters is 1. The van der Waals surface area contributed by atoms with Gasteiger partial charge in [0.15, 0.2) is 0 Å². The number of carbonyl (C=O) groups is 1. The topological polar surface area (TPSA) is 35.5 Å². The molecule has 24 heavy (non-hydrogen) atoms. The van der Waals surface area contributed by atoms with Crippen molar-refractivity contribution in [3.8, 4) is 11.5 Å². The van der Waals surface area contributed by atoms with E-state index in [-0.39, 0.29) is 5.92 Å². The summed E-state index contributed by atoms with van der Waals surface area (Å²) >= 11 is 7.69. The van der Waals surface area contributed by atoms with Crippen LogP contribution in [0.3, 0.4) is 0 Å². The third-order valence-electron chi connectivity index (χ3n) is 3.77. The van der Waals surface area contributed by atoms with Crippen molar-refractivity contribution in [2.75, 3.05) is 7.11 Å². The first kappa shape index (κ1) is 16.8. The number of benzene rings is 2. The summed E-state index contributed by atoms with van der Waals surface area (Å²) in [6, 6.07) is 13.1. The molecule has 0 aliphatic heterocycles. The van der Waals surface area contributed by atoms with Gasteiger partial charge in [-0.2, -0.15) is 0 Å². The summed E-state index contributed by atoms with van der Waals surface area (Å²) in [5.41, 5.74) is 0.991. The molecule has 0 spiro atoms. The molecule has 0 bridgehead atoms. The molecule has 0 amide bonds. The van der Waals surface area contributed by atoms with E-state index in [4.69, 9.17) is 21.1 Å². The molecule has 2 aromatic carbocycles. The molecule has 1 aromatic heterocycles. The Hall–Kier alpha value is -2.04. The lowest BCUT2D eigenvalue weighted by molar-refractivity contribution is 0.0738. The Morgan fingerprint density at radius 2 is 1.92 bits per heavy atom. The highest BCUT2D eigenvalue weighted by atomic mass is 35.5. The van der Waals surface area contributed by atoms with Crippen molar-refractivity contribution < 1.29 is 14.3 Å². The van der Waals surface area contributed by atoms with Gasteiger partial charge in [0.1, 0.15) is 16.4 Å². The number of para-hydroxylation sites is 1. The van der Waals surface area contributed by atoms with E-state index in [1.165, 1.54) is 11.3 Å². The van der Waals surface area contributed by atoms with Crippen LogP contribution in [0.1, 0.15) is 35.0 Å². The molecular formula is C19H17ClO3S. The molecule has 3 aromatic rings. The third kappa shape index (κ3) is 3.12. The highest BCUT2D eigenvalue weighted by molar-refractivity contribution is 7.21. The lowest BCUT2D eigenvalue weighted by Gasteiger charge is -2.12. The summed E-state index contributed by atoms with van der Waals surface area (Å²) in [4.78, 5) is 13.0. The zero-order chi connectivity index (χ0) is 17.3. The van der Waals surface area contributed by atoms with Gasteiger partial charge in [-0.1, -0.05) is 43.6 Å². The van der Waals surface area contributed by atoms with Crippen LogP contribution in [0.5, 0.6) is 11.5 Å². The molecule has 3 rings (SSSR count). The van der Waals surface area contributed by atoms with Crippen molar-refractivity contribution in [1.82, 2.24) is 0 Å². The standard InChI is InChI=1S/C19H17ClO3S/c1-11(2)13-6-4-5-7-15(13)23-19(21)18-17(20)14-9-8-12(22-3)10-16(14)24-18/h4-11H,1-3H3. The van der Waals surface area contributed by atoms with Crippen LogP contribution in [-0.4, -0.2) is 13.1 Å². The van der Waals surface area contributed by atoms with Crippen LogP contribution in [0.2, 0.25) is 5.02 Å². The molecule has 0 N–H and O–H groups in total. The Bertz CT molecular complexity index is 899. The van der Waals surface area contributed by atoms with Crippen LogP contribution in [0.15, 0.2) is 42.5 Å². The monoisotopic (exact) mass is 360 g/mol. The summed E-state index contributed by atoms with van der Waals surface area (Å²) < 4.78 is 11.7. The molecule has 0 saturated carbocycles. The second-order valence-corrected chi connectivity index (χ2v) is 7.12. The maximum Gasteiger partial charge on any atom is 0.355 e. The lowest BCUT2D eigenvalue weighted by Crippen LogP contribution is -2.09. The molecule has 0 aliphatic carbocycles. The molecule has 0 fully saturated rings. The first-order chi connectivity index (χ1) is 11.5. The molecule has 0 saturated heterocycles. The van der Waals surface area contributed by atoms with Gasteiger partial charge >= 0.3 is 5.97 Å². The van der Waals surface area contributed by atoms with Crippen molar-refractivity contribution in [3.05, 3.63) is 57.9 Å². The van der Waals surface area contributed by atoms with Gasteiger partial charge in [0, 0.05) is 10.1 Å². The third-order valence-corrected chi connectivity index (χ3v) is 5.40. The van der Waals surface area contributed by atoms with Crippen molar-refractivity contribution in [1.29, 1.82) is 0 Å². The van der Waals surface area contributed by atoms with Gasteiger partial charge in [0.25, 0.3) is 0 Å². The van der Waals surface area contributed by atoms with Gasteiger partial charge in [-0.3, -0.25) is 0 Å². The van der Waals surface area contributed by atoms with E-state index >= 15 is 0 Å². The fourth-order valence-electron chi connectivity index (χ4n) is 2.50. The van der Waals surface area contributed by atoms with Crippen LogP contribution in [0.25, 0.3) is 10.1 Å². The number of hydrogen-bond donors (Lipinski definition) is 0. The second kappa shape index (κ2) is 6.83. The largest absolute Gasteiger partial charge is 0.497 e. The fraction of sp³-hybridized carbons (Fsp3) is 0.211. The van der Waals surface area contributed by atoms with E-state index in [0.717, 1.165) is 21.4 Å². The SMILES string of the molecule is COc1ccc2c(Cl)c(C(=O)Oc3ccccc3C(C)C)sc2c1. The summed E-state index contributed by atoms with van der Waals surface area (Å²) in [5.74, 6) is 1.12. The number of rotatable bonds is 4. The molecule has 0 atom stereocenters. The van der Waals surface area contributed by atoms with E-state index in [0.29, 0.717) is 15.6 Å². The minimum atomic E-state index is -0.437. The minimum Gasteiger partial charge on any atom is -0.497 e. The Morgan fingerprint density at radius 3 is 2.62 bits per heavy atom. The Balaban J connectivity index is 1.96. The van der Waals surface area contributed by atoms with Gasteiger partial charge < -0.3 is 9.47 Å². The summed E-state index contributed by atoms with van der Waals surface area (Å²) in [7, 11) is 1.61. The maximum absolute atomic E-state index is 12.6. The van der Waals surface area contributed by atoms with Crippen LogP contribution < -0.4 is 9.47 Å². The van der Waals surface area contributed by atoms with Crippen LogP contribution in [0, 0.1) is 0 Å². The number of methoxy groups -OCH3 is 1. The second-order valence-electron chi connectivity index (χ2n) is 5.69. The smallest absolute Gasteiger partial charge is 0.355 e.